The third-order valence-corrected chi connectivity index (χ3v) is 4.18. The second kappa shape index (κ2) is 5.79. The zero-order valence-corrected chi connectivity index (χ0v) is 12.7. The van der Waals surface area contributed by atoms with Crippen LogP contribution < -0.4 is 5.32 Å². The van der Waals surface area contributed by atoms with E-state index in [2.05, 4.69) is 36.7 Å². The van der Waals surface area contributed by atoms with Gasteiger partial charge in [0, 0.05) is 37.9 Å². The van der Waals surface area contributed by atoms with E-state index >= 15 is 0 Å². The summed E-state index contributed by atoms with van der Waals surface area (Å²) in [5, 5.41) is 3.29. The third-order valence-electron chi connectivity index (χ3n) is 4.18. The molecule has 0 aromatic carbocycles. The molecule has 5 nitrogen and oxygen atoms in total. The molecule has 2 rings (SSSR count). The van der Waals surface area contributed by atoms with Gasteiger partial charge in [0.2, 0.25) is 11.8 Å². The predicted octanol–water partition coefficient (Wildman–Crippen LogP) is 1.36. The zero-order chi connectivity index (χ0) is 14.9. The van der Waals surface area contributed by atoms with Crippen molar-refractivity contribution in [3.05, 3.63) is 23.0 Å². The second-order valence-corrected chi connectivity index (χ2v) is 5.40. The number of nitrogens with zero attached hydrogens (tertiary/aromatic N) is 2. The maximum absolute atomic E-state index is 12.0. The lowest BCUT2D eigenvalue weighted by molar-refractivity contribution is -0.148. The number of hydrogen-bond donors (Lipinski definition) is 1. The summed E-state index contributed by atoms with van der Waals surface area (Å²) < 4.78 is 2.26. The Morgan fingerprint density at radius 3 is 2.65 bits per heavy atom. The summed E-state index contributed by atoms with van der Waals surface area (Å²) in [5.74, 6) is -0.206. The second-order valence-electron chi connectivity index (χ2n) is 5.40. The van der Waals surface area contributed by atoms with Crippen molar-refractivity contribution in [2.45, 2.75) is 52.7 Å². The number of likely N-dealkylation sites (N-methyl/N-ethyl adjacent to an activating group) is 1. The fourth-order valence-corrected chi connectivity index (χ4v) is 2.88. The fourth-order valence-electron chi connectivity index (χ4n) is 2.88. The summed E-state index contributed by atoms with van der Waals surface area (Å²) in [5.41, 5.74) is 3.70. The van der Waals surface area contributed by atoms with Gasteiger partial charge < -0.3 is 9.88 Å². The van der Waals surface area contributed by atoms with Gasteiger partial charge in [-0.3, -0.25) is 14.5 Å². The average molecular weight is 277 g/mol. The first kappa shape index (κ1) is 14.8. The molecule has 1 aromatic rings. The zero-order valence-electron chi connectivity index (χ0n) is 12.7. The van der Waals surface area contributed by atoms with Crippen LogP contribution >= 0.6 is 0 Å². The molecule has 0 bridgehead atoms. The first-order valence-corrected chi connectivity index (χ1v) is 7.15. The van der Waals surface area contributed by atoms with E-state index in [9.17, 15) is 9.59 Å². The van der Waals surface area contributed by atoms with Crippen LogP contribution in [0, 0.1) is 13.8 Å². The molecule has 1 saturated heterocycles. The van der Waals surface area contributed by atoms with Crippen molar-refractivity contribution in [1.29, 1.82) is 0 Å². The molecule has 0 radical (unpaired) electrons. The van der Waals surface area contributed by atoms with Gasteiger partial charge in [-0.05, 0) is 38.8 Å². The van der Waals surface area contributed by atoms with Gasteiger partial charge >= 0.3 is 0 Å². The number of carbonyl (C=O) groups excluding carboxylic acids is 2. The summed E-state index contributed by atoms with van der Waals surface area (Å²) in [6, 6.07) is 1.91. The monoisotopic (exact) mass is 277 g/mol. The highest BCUT2D eigenvalue weighted by molar-refractivity contribution is 6.00. The highest BCUT2D eigenvalue weighted by Crippen LogP contribution is 2.16. The van der Waals surface area contributed by atoms with E-state index in [0.717, 1.165) is 6.54 Å². The Balaban J connectivity index is 2.02. The molecule has 1 aromatic heterocycles. The number of imide groups is 1. The Morgan fingerprint density at radius 1 is 1.35 bits per heavy atom. The summed E-state index contributed by atoms with van der Waals surface area (Å²) in [6.45, 7) is 7.95. The smallest absolute Gasteiger partial charge is 0.246 e. The van der Waals surface area contributed by atoms with Gasteiger partial charge in [-0.15, -0.1) is 0 Å². The molecule has 1 unspecified atom stereocenters. The van der Waals surface area contributed by atoms with Crippen LogP contribution in [-0.2, 0) is 22.7 Å². The summed E-state index contributed by atoms with van der Waals surface area (Å²) in [4.78, 5) is 24.7. The van der Waals surface area contributed by atoms with Crippen molar-refractivity contribution in [3.8, 4) is 0 Å². The van der Waals surface area contributed by atoms with Crippen LogP contribution in [-0.4, -0.2) is 34.4 Å². The minimum absolute atomic E-state index is 0.0859. The minimum Gasteiger partial charge on any atom is -0.349 e. The molecular formula is C15H23N3O2. The van der Waals surface area contributed by atoms with E-state index in [1.807, 2.05) is 0 Å². The highest BCUT2D eigenvalue weighted by atomic mass is 16.2. The Bertz CT molecular complexity index is 533. The largest absolute Gasteiger partial charge is 0.349 e. The lowest BCUT2D eigenvalue weighted by Gasteiger charge is -2.28. The SMILES string of the molecule is CCn1c(C)cc(CNC2CCC(=O)N(C)C2=O)c1C. The van der Waals surface area contributed by atoms with Gasteiger partial charge in [0.25, 0.3) is 0 Å². The van der Waals surface area contributed by atoms with E-state index < -0.39 is 0 Å². The lowest BCUT2D eigenvalue weighted by atomic mass is 10.0. The molecule has 1 aliphatic heterocycles. The molecule has 0 spiro atoms. The number of aryl methyl sites for hydroxylation is 1. The first-order valence-electron chi connectivity index (χ1n) is 7.15. The van der Waals surface area contributed by atoms with E-state index in [4.69, 9.17) is 0 Å². The maximum atomic E-state index is 12.0. The Kier molecular flexibility index (Phi) is 4.28. The summed E-state index contributed by atoms with van der Waals surface area (Å²) in [7, 11) is 1.56. The van der Waals surface area contributed by atoms with E-state index in [1.54, 1.807) is 7.05 Å². The van der Waals surface area contributed by atoms with Crippen LogP contribution in [0.4, 0.5) is 0 Å². The van der Waals surface area contributed by atoms with Crippen molar-refractivity contribution >= 4 is 11.8 Å². The molecule has 20 heavy (non-hydrogen) atoms. The molecule has 1 N–H and O–H groups in total. The highest BCUT2D eigenvalue weighted by Gasteiger charge is 2.31. The van der Waals surface area contributed by atoms with Crippen LogP contribution in [0.25, 0.3) is 0 Å². The standard InChI is InChI=1S/C15H23N3O2/c1-5-18-10(2)8-12(11(18)3)9-16-13-6-7-14(19)17(4)15(13)20/h8,13,16H,5-7,9H2,1-4H3. The summed E-state index contributed by atoms with van der Waals surface area (Å²) >= 11 is 0. The molecule has 110 valence electrons. The number of amides is 2. The fraction of sp³-hybridized carbons (Fsp3) is 0.600. The molecule has 1 aliphatic rings. The molecule has 0 saturated carbocycles. The topological polar surface area (TPSA) is 54.3 Å². The molecule has 2 heterocycles. The number of carbonyl (C=O) groups is 2. The molecule has 1 atom stereocenters. The van der Waals surface area contributed by atoms with Crippen LogP contribution in [0.1, 0.15) is 36.7 Å². The number of rotatable bonds is 4. The lowest BCUT2D eigenvalue weighted by Crippen LogP contribution is -2.51. The van der Waals surface area contributed by atoms with Gasteiger partial charge in [-0.2, -0.15) is 0 Å². The average Bonchev–Trinajstić information content (AvgIpc) is 2.69. The van der Waals surface area contributed by atoms with Gasteiger partial charge in [0.15, 0.2) is 0 Å². The van der Waals surface area contributed by atoms with Gasteiger partial charge in [-0.25, -0.2) is 0 Å². The van der Waals surface area contributed by atoms with Crippen LogP contribution in [0.15, 0.2) is 6.07 Å². The minimum atomic E-state index is -0.248. The molecule has 5 heteroatoms. The maximum Gasteiger partial charge on any atom is 0.246 e. The molecule has 1 fully saturated rings. The number of piperidine rings is 1. The Morgan fingerprint density at radius 2 is 2.05 bits per heavy atom. The number of nitrogens with one attached hydrogen (secondary N) is 1. The van der Waals surface area contributed by atoms with Gasteiger partial charge in [-0.1, -0.05) is 0 Å². The van der Waals surface area contributed by atoms with Crippen LogP contribution in [0.3, 0.4) is 0 Å². The normalized spacial score (nSPS) is 19.8. The van der Waals surface area contributed by atoms with E-state index in [-0.39, 0.29) is 17.9 Å². The van der Waals surface area contributed by atoms with Gasteiger partial charge in [0.05, 0.1) is 6.04 Å². The van der Waals surface area contributed by atoms with Crippen molar-refractivity contribution < 1.29 is 9.59 Å². The van der Waals surface area contributed by atoms with Crippen molar-refractivity contribution in [1.82, 2.24) is 14.8 Å². The summed E-state index contributed by atoms with van der Waals surface area (Å²) in [6.07, 6.45) is 1.03. The number of aromatic nitrogens is 1. The molecule has 0 aliphatic carbocycles. The molecule has 2 amide bonds. The van der Waals surface area contributed by atoms with E-state index in [1.165, 1.54) is 21.9 Å². The first-order chi connectivity index (χ1) is 9.45. The van der Waals surface area contributed by atoms with Crippen molar-refractivity contribution in [2.24, 2.45) is 0 Å². The Labute approximate surface area is 119 Å². The van der Waals surface area contributed by atoms with E-state index in [0.29, 0.717) is 19.4 Å². The van der Waals surface area contributed by atoms with Crippen LogP contribution in [0.5, 0.6) is 0 Å². The quantitative estimate of drug-likeness (QED) is 0.846. The Hall–Kier alpha value is -1.62. The van der Waals surface area contributed by atoms with Crippen LogP contribution in [0.2, 0.25) is 0 Å². The van der Waals surface area contributed by atoms with Crippen molar-refractivity contribution in [2.75, 3.05) is 7.05 Å². The number of likely N-dealkylation sites (tertiary alicyclic amines) is 1. The molecular weight excluding hydrogens is 254 g/mol. The number of hydrogen-bond acceptors (Lipinski definition) is 3. The predicted molar refractivity (Wildman–Crippen MR) is 77.2 cm³/mol. The van der Waals surface area contributed by atoms with Gasteiger partial charge in [0.1, 0.15) is 0 Å². The third kappa shape index (κ3) is 2.63. The van der Waals surface area contributed by atoms with Crippen molar-refractivity contribution in [3.63, 3.8) is 0 Å².